The Balaban J connectivity index is 3.00. The van der Waals surface area contributed by atoms with Crippen molar-refractivity contribution in [2.75, 3.05) is 0 Å². The van der Waals surface area contributed by atoms with Crippen molar-refractivity contribution in [2.45, 2.75) is 20.3 Å². The van der Waals surface area contributed by atoms with Gasteiger partial charge in [0.25, 0.3) is 0 Å². The molecule has 0 fully saturated rings. The lowest BCUT2D eigenvalue weighted by Gasteiger charge is -2.04. The van der Waals surface area contributed by atoms with Gasteiger partial charge in [-0.3, -0.25) is 4.79 Å². The second kappa shape index (κ2) is 3.34. The number of carbonyl (C=O) groups excluding carboxylic acids is 1. The largest absolute Gasteiger partial charge is 0.618 e. The molecule has 0 aromatic carbocycles. The zero-order valence-electron chi connectivity index (χ0n) is 7.20. The van der Waals surface area contributed by atoms with Crippen LogP contribution >= 0.6 is 0 Å². The summed E-state index contributed by atoms with van der Waals surface area (Å²) in [6, 6.07) is 5.17. The van der Waals surface area contributed by atoms with Crippen LogP contribution in [0.1, 0.15) is 18.3 Å². The molecule has 0 saturated heterocycles. The quantitative estimate of drug-likeness (QED) is 0.479. The molecule has 1 rings (SSSR count). The Kier molecular flexibility index (Phi) is 2.43. The van der Waals surface area contributed by atoms with Gasteiger partial charge in [-0.25, -0.2) is 0 Å². The van der Waals surface area contributed by atoms with Crippen molar-refractivity contribution >= 4 is 5.78 Å². The second-order valence-electron chi connectivity index (χ2n) is 2.83. The zero-order valence-corrected chi connectivity index (χ0v) is 7.20. The van der Waals surface area contributed by atoms with Crippen molar-refractivity contribution in [2.24, 2.45) is 0 Å². The summed E-state index contributed by atoms with van der Waals surface area (Å²) in [5, 5.41) is 11.3. The van der Waals surface area contributed by atoms with Crippen LogP contribution in [0.15, 0.2) is 18.2 Å². The molecule has 64 valence electrons. The summed E-state index contributed by atoms with van der Waals surface area (Å²) in [5.74, 6) is 0.00481. The van der Waals surface area contributed by atoms with E-state index in [0.717, 1.165) is 4.73 Å². The van der Waals surface area contributed by atoms with E-state index in [1.54, 1.807) is 25.1 Å². The van der Waals surface area contributed by atoms with Crippen LogP contribution in [0.4, 0.5) is 0 Å². The number of aryl methyl sites for hydroxylation is 1. The van der Waals surface area contributed by atoms with Crippen molar-refractivity contribution in [3.8, 4) is 0 Å². The fourth-order valence-corrected chi connectivity index (χ4v) is 1.05. The average molecular weight is 165 g/mol. The molecule has 0 amide bonds. The molecule has 0 spiro atoms. The van der Waals surface area contributed by atoms with Gasteiger partial charge in [-0.15, -0.1) is 0 Å². The number of ketones is 1. The molecule has 3 nitrogen and oxygen atoms in total. The number of carbonyl (C=O) groups is 1. The first-order valence-corrected chi connectivity index (χ1v) is 3.79. The van der Waals surface area contributed by atoms with E-state index in [9.17, 15) is 10.0 Å². The minimum absolute atomic E-state index is 0.00481. The van der Waals surface area contributed by atoms with Crippen molar-refractivity contribution in [1.29, 1.82) is 0 Å². The zero-order chi connectivity index (χ0) is 9.14. The van der Waals surface area contributed by atoms with Crippen LogP contribution in [0.2, 0.25) is 0 Å². The third kappa shape index (κ3) is 1.81. The molecule has 0 N–H and O–H groups in total. The SMILES string of the molecule is CC(=O)Cc1cccc(C)[n+]1[O-]. The maximum atomic E-state index is 11.3. The van der Waals surface area contributed by atoms with E-state index in [1.807, 2.05) is 0 Å². The molecule has 0 aliphatic carbocycles. The monoisotopic (exact) mass is 165 g/mol. The summed E-state index contributed by atoms with van der Waals surface area (Å²) in [6.07, 6.45) is 0.213. The van der Waals surface area contributed by atoms with Crippen molar-refractivity contribution < 1.29 is 9.52 Å². The molecular formula is C9H11NO2. The summed E-state index contributed by atoms with van der Waals surface area (Å²) in [5.41, 5.74) is 1.14. The predicted molar refractivity (Wildman–Crippen MR) is 44.5 cm³/mol. The van der Waals surface area contributed by atoms with Crippen LogP contribution in [0.5, 0.6) is 0 Å². The molecule has 0 atom stereocenters. The Morgan fingerprint density at radius 3 is 2.83 bits per heavy atom. The van der Waals surface area contributed by atoms with Crippen molar-refractivity contribution in [3.63, 3.8) is 0 Å². The molecular weight excluding hydrogens is 154 g/mol. The summed E-state index contributed by atoms with van der Waals surface area (Å²) in [7, 11) is 0. The molecule has 1 heterocycles. The Morgan fingerprint density at radius 1 is 1.58 bits per heavy atom. The molecule has 0 saturated carbocycles. The van der Waals surface area contributed by atoms with Gasteiger partial charge >= 0.3 is 0 Å². The number of Topliss-reactive ketones (excluding diaryl/α,β-unsaturated/α-hetero) is 1. The lowest BCUT2D eigenvalue weighted by molar-refractivity contribution is -0.620. The Bertz CT molecular complexity index is 307. The van der Waals surface area contributed by atoms with Gasteiger partial charge in [0, 0.05) is 19.1 Å². The molecule has 0 unspecified atom stereocenters. The van der Waals surface area contributed by atoms with Crippen molar-refractivity contribution in [1.82, 2.24) is 0 Å². The number of pyridine rings is 1. The van der Waals surface area contributed by atoms with Crippen LogP contribution in [0, 0.1) is 12.1 Å². The molecule has 0 aliphatic heterocycles. The van der Waals surface area contributed by atoms with Gasteiger partial charge in [0.2, 0.25) is 0 Å². The van der Waals surface area contributed by atoms with Crippen LogP contribution in [0.25, 0.3) is 0 Å². The average Bonchev–Trinajstić information content (AvgIpc) is 1.98. The fourth-order valence-electron chi connectivity index (χ4n) is 1.05. The highest BCUT2D eigenvalue weighted by atomic mass is 16.5. The first-order valence-electron chi connectivity index (χ1n) is 3.79. The Hall–Kier alpha value is -1.38. The molecule has 3 heteroatoms. The minimum Gasteiger partial charge on any atom is -0.618 e. The standard InChI is InChI=1S/C9H11NO2/c1-7-4-3-5-9(10(7)12)6-8(2)11/h3-5H,6H2,1-2H3. The van der Waals surface area contributed by atoms with Gasteiger partial charge in [0.15, 0.2) is 11.4 Å². The lowest BCUT2D eigenvalue weighted by atomic mass is 10.2. The number of nitrogens with zero attached hydrogens (tertiary/aromatic N) is 1. The van der Waals surface area contributed by atoms with E-state index in [0.29, 0.717) is 11.4 Å². The summed E-state index contributed by atoms with van der Waals surface area (Å²) in [6.45, 7) is 3.19. The second-order valence-corrected chi connectivity index (χ2v) is 2.83. The number of aromatic nitrogens is 1. The van der Waals surface area contributed by atoms with Gasteiger partial charge in [-0.1, -0.05) is 0 Å². The smallest absolute Gasteiger partial charge is 0.200 e. The normalized spacial score (nSPS) is 9.83. The van der Waals surface area contributed by atoms with Gasteiger partial charge in [-0.05, 0) is 13.0 Å². The molecule has 1 aromatic heterocycles. The minimum atomic E-state index is 0.00481. The van der Waals surface area contributed by atoms with E-state index in [4.69, 9.17) is 0 Å². The maximum Gasteiger partial charge on any atom is 0.200 e. The van der Waals surface area contributed by atoms with E-state index < -0.39 is 0 Å². The van der Waals surface area contributed by atoms with E-state index in [1.165, 1.54) is 6.92 Å². The molecule has 0 bridgehead atoms. The summed E-state index contributed by atoms with van der Waals surface area (Å²) >= 11 is 0. The van der Waals surface area contributed by atoms with Crippen LogP contribution < -0.4 is 4.73 Å². The third-order valence-electron chi connectivity index (χ3n) is 1.64. The van der Waals surface area contributed by atoms with E-state index >= 15 is 0 Å². The topological polar surface area (TPSA) is 44.0 Å². The fraction of sp³-hybridized carbons (Fsp3) is 0.333. The first kappa shape index (κ1) is 8.71. The summed E-state index contributed by atoms with van der Waals surface area (Å²) < 4.78 is 0.793. The van der Waals surface area contributed by atoms with Gasteiger partial charge < -0.3 is 5.21 Å². The lowest BCUT2D eigenvalue weighted by Crippen LogP contribution is -2.35. The van der Waals surface area contributed by atoms with Gasteiger partial charge in [0.05, 0.1) is 6.42 Å². The maximum absolute atomic E-state index is 11.3. The van der Waals surface area contributed by atoms with Crippen LogP contribution in [-0.4, -0.2) is 5.78 Å². The highest BCUT2D eigenvalue weighted by Crippen LogP contribution is 1.96. The molecule has 0 aliphatic rings. The van der Waals surface area contributed by atoms with Crippen molar-refractivity contribution in [3.05, 3.63) is 34.8 Å². The number of rotatable bonds is 2. The Morgan fingerprint density at radius 2 is 2.25 bits per heavy atom. The van der Waals surface area contributed by atoms with E-state index in [2.05, 4.69) is 0 Å². The first-order chi connectivity index (χ1) is 5.61. The molecule has 1 aromatic rings. The number of hydrogen-bond donors (Lipinski definition) is 0. The van der Waals surface area contributed by atoms with Gasteiger partial charge in [0.1, 0.15) is 5.78 Å². The molecule has 0 radical (unpaired) electrons. The van der Waals surface area contributed by atoms with E-state index in [-0.39, 0.29) is 12.2 Å². The van der Waals surface area contributed by atoms with Crippen LogP contribution in [0.3, 0.4) is 0 Å². The Labute approximate surface area is 71.2 Å². The number of hydrogen-bond acceptors (Lipinski definition) is 2. The highest BCUT2D eigenvalue weighted by Gasteiger charge is 2.08. The predicted octanol–water partition coefficient (Wildman–Crippen LogP) is 0.760. The van der Waals surface area contributed by atoms with Gasteiger partial charge in [-0.2, -0.15) is 4.73 Å². The van der Waals surface area contributed by atoms with Crippen LogP contribution in [-0.2, 0) is 11.2 Å². The third-order valence-corrected chi connectivity index (χ3v) is 1.64. The summed E-state index contributed by atoms with van der Waals surface area (Å²) in [4.78, 5) is 10.7. The molecule has 12 heavy (non-hydrogen) atoms. The highest BCUT2D eigenvalue weighted by molar-refractivity contribution is 5.77.